The highest BCUT2D eigenvalue weighted by molar-refractivity contribution is 6.21. The van der Waals surface area contributed by atoms with Crippen LogP contribution in [0.4, 0.5) is 4.79 Å². The summed E-state index contributed by atoms with van der Waals surface area (Å²) in [7, 11) is 0. The minimum Gasteiger partial charge on any atom is -0.442 e. The summed E-state index contributed by atoms with van der Waals surface area (Å²) in [5.41, 5.74) is 4.88. The van der Waals surface area contributed by atoms with Crippen LogP contribution >= 0.6 is 11.6 Å². The van der Waals surface area contributed by atoms with Gasteiger partial charge in [-0.25, -0.2) is 4.79 Å². The number of nitrogens with zero attached hydrogens (tertiary/aromatic N) is 1. The molecule has 0 aromatic carbocycles. The normalized spacial score (nSPS) is 13.3. The van der Waals surface area contributed by atoms with Crippen molar-refractivity contribution in [2.24, 2.45) is 5.73 Å². The van der Waals surface area contributed by atoms with Crippen molar-refractivity contribution < 1.29 is 9.53 Å². The lowest BCUT2D eigenvalue weighted by molar-refractivity contribution is 0.0420. The van der Waals surface area contributed by atoms with Gasteiger partial charge in [-0.15, -0.1) is 11.6 Å². The molecule has 4 nitrogen and oxygen atoms in total. The number of ether oxygens (including phenoxy) is 1. The number of primary amides is 1. The molecular weight excluding hydrogens is 216 g/mol. The number of aromatic nitrogens is 1. The SMILES string of the molecule is CC(C)(OC(N)=O)C(Cl)c1cccnc1. The zero-order valence-electron chi connectivity index (χ0n) is 8.61. The van der Waals surface area contributed by atoms with E-state index in [1.807, 2.05) is 6.07 Å². The van der Waals surface area contributed by atoms with E-state index in [1.54, 1.807) is 32.3 Å². The summed E-state index contributed by atoms with van der Waals surface area (Å²) in [6, 6.07) is 3.59. The van der Waals surface area contributed by atoms with Crippen molar-refractivity contribution in [1.29, 1.82) is 0 Å². The van der Waals surface area contributed by atoms with E-state index in [4.69, 9.17) is 22.1 Å². The molecular formula is C10H13ClN2O2. The van der Waals surface area contributed by atoms with Crippen LogP contribution in [-0.4, -0.2) is 16.7 Å². The standard InChI is InChI=1S/C10H13ClN2O2/c1-10(2,15-9(12)14)8(11)7-4-3-5-13-6-7/h3-6,8H,1-2H3,(H2,12,14). The first-order valence-electron chi connectivity index (χ1n) is 4.46. The van der Waals surface area contributed by atoms with Crippen molar-refractivity contribution in [2.75, 3.05) is 0 Å². The maximum Gasteiger partial charge on any atom is 0.405 e. The molecule has 2 N–H and O–H groups in total. The van der Waals surface area contributed by atoms with Crippen LogP contribution in [-0.2, 0) is 4.74 Å². The molecule has 15 heavy (non-hydrogen) atoms. The molecule has 82 valence electrons. The topological polar surface area (TPSA) is 65.2 Å². The van der Waals surface area contributed by atoms with Gasteiger partial charge in [0.25, 0.3) is 0 Å². The van der Waals surface area contributed by atoms with Crippen LogP contribution < -0.4 is 5.73 Å². The van der Waals surface area contributed by atoms with Gasteiger partial charge in [0, 0.05) is 12.4 Å². The zero-order chi connectivity index (χ0) is 11.5. The maximum atomic E-state index is 10.7. The van der Waals surface area contributed by atoms with Gasteiger partial charge in [-0.2, -0.15) is 0 Å². The third-order valence-corrected chi connectivity index (χ3v) is 2.73. The Hall–Kier alpha value is -1.29. The highest BCUT2D eigenvalue weighted by Gasteiger charge is 2.32. The van der Waals surface area contributed by atoms with Crippen LogP contribution in [0.25, 0.3) is 0 Å². The second-order valence-electron chi connectivity index (χ2n) is 3.67. The molecule has 5 heteroatoms. The van der Waals surface area contributed by atoms with Crippen molar-refractivity contribution in [3.05, 3.63) is 30.1 Å². The van der Waals surface area contributed by atoms with E-state index in [1.165, 1.54) is 0 Å². The fourth-order valence-electron chi connectivity index (χ4n) is 1.24. The summed E-state index contributed by atoms with van der Waals surface area (Å²) in [6.07, 6.45) is 2.44. The molecule has 0 fully saturated rings. The molecule has 1 rings (SSSR count). The van der Waals surface area contributed by atoms with Crippen LogP contribution in [0.1, 0.15) is 24.8 Å². The minimum absolute atomic E-state index is 0.487. The quantitative estimate of drug-likeness (QED) is 0.807. The van der Waals surface area contributed by atoms with Crippen molar-refractivity contribution in [3.8, 4) is 0 Å². The number of hydrogen-bond acceptors (Lipinski definition) is 3. The summed E-state index contributed by atoms with van der Waals surface area (Å²) < 4.78 is 4.93. The Labute approximate surface area is 93.4 Å². The first-order valence-corrected chi connectivity index (χ1v) is 4.89. The van der Waals surface area contributed by atoms with E-state index in [-0.39, 0.29) is 0 Å². The first kappa shape index (κ1) is 11.8. The number of halogens is 1. The molecule has 0 aliphatic carbocycles. The third kappa shape index (κ3) is 3.09. The molecule has 0 aliphatic rings. The third-order valence-electron chi connectivity index (χ3n) is 1.95. The average molecular weight is 229 g/mol. The molecule has 0 bridgehead atoms. The Morgan fingerprint density at radius 2 is 2.33 bits per heavy atom. The van der Waals surface area contributed by atoms with Gasteiger partial charge in [-0.3, -0.25) is 4.98 Å². The molecule has 1 aromatic rings. The van der Waals surface area contributed by atoms with Crippen molar-refractivity contribution in [3.63, 3.8) is 0 Å². The number of pyridine rings is 1. The average Bonchev–Trinajstić information content (AvgIpc) is 2.16. The number of alkyl halides is 1. The van der Waals surface area contributed by atoms with E-state index in [0.29, 0.717) is 0 Å². The molecule has 1 amide bonds. The molecule has 0 saturated heterocycles. The van der Waals surface area contributed by atoms with Crippen LogP contribution in [0.5, 0.6) is 0 Å². The Kier molecular flexibility index (Phi) is 3.52. The van der Waals surface area contributed by atoms with E-state index in [0.717, 1.165) is 5.56 Å². The van der Waals surface area contributed by atoms with Crippen molar-refractivity contribution in [2.45, 2.75) is 24.8 Å². The summed E-state index contributed by atoms with van der Waals surface area (Å²) in [5, 5.41) is -0.487. The van der Waals surface area contributed by atoms with Gasteiger partial charge >= 0.3 is 6.09 Å². The van der Waals surface area contributed by atoms with Gasteiger partial charge in [0.05, 0.1) is 5.38 Å². The number of nitrogens with two attached hydrogens (primary N) is 1. The van der Waals surface area contributed by atoms with E-state index in [2.05, 4.69) is 4.98 Å². The number of amides is 1. The lowest BCUT2D eigenvalue weighted by Crippen LogP contribution is -2.35. The van der Waals surface area contributed by atoms with E-state index >= 15 is 0 Å². The smallest absolute Gasteiger partial charge is 0.405 e. The van der Waals surface area contributed by atoms with Gasteiger partial charge in [0.2, 0.25) is 0 Å². The minimum atomic E-state index is -0.865. The van der Waals surface area contributed by atoms with Crippen LogP contribution in [0.15, 0.2) is 24.5 Å². The van der Waals surface area contributed by atoms with Crippen LogP contribution in [0.2, 0.25) is 0 Å². The second kappa shape index (κ2) is 4.49. The lowest BCUT2D eigenvalue weighted by Gasteiger charge is -2.29. The van der Waals surface area contributed by atoms with Gasteiger partial charge in [0.1, 0.15) is 5.60 Å². The summed E-state index contributed by atoms with van der Waals surface area (Å²) in [6.45, 7) is 3.39. The molecule has 1 heterocycles. The molecule has 0 saturated carbocycles. The van der Waals surface area contributed by atoms with Crippen molar-refractivity contribution >= 4 is 17.7 Å². The predicted octanol–water partition coefficient (Wildman–Crippen LogP) is 2.24. The fraction of sp³-hybridized carbons (Fsp3) is 0.400. The molecule has 1 unspecified atom stereocenters. The van der Waals surface area contributed by atoms with E-state index in [9.17, 15) is 4.79 Å². The number of rotatable bonds is 3. The van der Waals surface area contributed by atoms with Crippen LogP contribution in [0, 0.1) is 0 Å². The number of carbonyl (C=O) groups excluding carboxylic acids is 1. The Balaban J connectivity index is 2.84. The fourth-order valence-corrected chi connectivity index (χ4v) is 1.41. The second-order valence-corrected chi connectivity index (χ2v) is 4.11. The maximum absolute atomic E-state index is 10.7. The largest absolute Gasteiger partial charge is 0.442 e. The molecule has 0 radical (unpaired) electrons. The monoisotopic (exact) mass is 228 g/mol. The summed E-state index contributed by atoms with van der Waals surface area (Å²) in [5.74, 6) is 0. The number of carbonyl (C=O) groups is 1. The molecule has 0 spiro atoms. The molecule has 1 aromatic heterocycles. The molecule has 0 aliphatic heterocycles. The highest BCUT2D eigenvalue weighted by atomic mass is 35.5. The Bertz CT molecular complexity index is 341. The molecule has 1 atom stereocenters. The van der Waals surface area contributed by atoms with Gasteiger partial charge in [-0.1, -0.05) is 6.07 Å². The zero-order valence-corrected chi connectivity index (χ0v) is 9.36. The first-order chi connectivity index (χ1) is 6.93. The summed E-state index contributed by atoms with van der Waals surface area (Å²) in [4.78, 5) is 14.6. The Morgan fingerprint density at radius 3 is 2.80 bits per heavy atom. The number of hydrogen-bond donors (Lipinski definition) is 1. The van der Waals surface area contributed by atoms with Gasteiger partial charge < -0.3 is 10.5 Å². The summed E-state index contributed by atoms with van der Waals surface area (Å²) >= 11 is 6.17. The Morgan fingerprint density at radius 1 is 1.67 bits per heavy atom. The van der Waals surface area contributed by atoms with Gasteiger partial charge in [0.15, 0.2) is 0 Å². The van der Waals surface area contributed by atoms with Gasteiger partial charge in [-0.05, 0) is 25.5 Å². The highest BCUT2D eigenvalue weighted by Crippen LogP contribution is 2.34. The van der Waals surface area contributed by atoms with Crippen molar-refractivity contribution in [1.82, 2.24) is 4.98 Å². The lowest BCUT2D eigenvalue weighted by atomic mass is 9.99. The van der Waals surface area contributed by atoms with E-state index < -0.39 is 17.1 Å². The van der Waals surface area contributed by atoms with Crippen LogP contribution in [0.3, 0.4) is 0 Å². The predicted molar refractivity (Wildman–Crippen MR) is 57.6 cm³/mol.